The summed E-state index contributed by atoms with van der Waals surface area (Å²) < 4.78 is 0. The van der Waals surface area contributed by atoms with Crippen LogP contribution < -0.4 is 4.90 Å². The van der Waals surface area contributed by atoms with Gasteiger partial charge in [0.15, 0.2) is 0 Å². The van der Waals surface area contributed by atoms with Gasteiger partial charge in [0, 0.05) is 27.9 Å². The number of fused-ring (bicyclic) bond motifs is 8. The molecule has 0 radical (unpaired) electrons. The third-order valence-corrected chi connectivity index (χ3v) is 14.2. The average Bonchev–Trinajstić information content (AvgIpc) is 3.70. The predicted molar refractivity (Wildman–Crippen MR) is 268 cm³/mol. The fraction of sp³-hybridized carbons (Fsp3) is 0.0968. The van der Waals surface area contributed by atoms with Crippen molar-refractivity contribution in [1.29, 1.82) is 0 Å². The van der Waals surface area contributed by atoms with Crippen LogP contribution in [0.3, 0.4) is 0 Å². The number of anilines is 3. The molecule has 2 aliphatic carbocycles. The molecule has 0 bridgehead atoms. The molecule has 0 N–H and O–H groups in total. The standard InChI is InChI=1S/C62H47N/c1-61(2)57-30-13-12-27-52(57)53-33-31-46(38-58(53)61)63(45-24-14-23-43(35-45)40-17-6-5-7-18-40)47-32-34-54-56-37-44(50-28-15-21-41-19-8-10-25-48(41)50)36-55(60(56)62(3,4)59(54)39-47)51-29-16-22-42-20-9-11-26-49(42)51/h5-39H,1-4H3. The molecule has 10 aromatic carbocycles. The van der Waals surface area contributed by atoms with Crippen molar-refractivity contribution in [1.82, 2.24) is 0 Å². The van der Waals surface area contributed by atoms with Crippen LogP contribution in [0, 0.1) is 0 Å². The average molecular weight is 806 g/mol. The van der Waals surface area contributed by atoms with Crippen molar-refractivity contribution in [3.05, 3.63) is 235 Å². The Morgan fingerprint density at radius 3 is 1.48 bits per heavy atom. The van der Waals surface area contributed by atoms with Gasteiger partial charge in [0.2, 0.25) is 0 Å². The summed E-state index contributed by atoms with van der Waals surface area (Å²) in [6, 6.07) is 79.2. The zero-order valence-corrected chi connectivity index (χ0v) is 36.2. The number of rotatable bonds is 6. The fourth-order valence-corrected chi connectivity index (χ4v) is 11.1. The first-order valence-electron chi connectivity index (χ1n) is 22.3. The van der Waals surface area contributed by atoms with Gasteiger partial charge in [0.05, 0.1) is 0 Å². The predicted octanol–water partition coefficient (Wildman–Crippen LogP) is 17.1. The van der Waals surface area contributed by atoms with Gasteiger partial charge in [-0.1, -0.05) is 191 Å². The van der Waals surface area contributed by atoms with E-state index in [1.165, 1.54) is 99.4 Å². The largest absolute Gasteiger partial charge is 0.310 e. The molecule has 0 fully saturated rings. The molecule has 0 unspecified atom stereocenters. The first-order chi connectivity index (χ1) is 30.8. The molecule has 0 aromatic heterocycles. The zero-order chi connectivity index (χ0) is 42.5. The van der Waals surface area contributed by atoms with Gasteiger partial charge in [-0.05, 0) is 148 Å². The molecule has 1 nitrogen and oxygen atoms in total. The summed E-state index contributed by atoms with van der Waals surface area (Å²) in [5.41, 5.74) is 21.2. The van der Waals surface area contributed by atoms with Crippen molar-refractivity contribution in [3.8, 4) is 55.6 Å². The quantitative estimate of drug-likeness (QED) is 0.162. The Balaban J connectivity index is 1.08. The van der Waals surface area contributed by atoms with Crippen molar-refractivity contribution in [2.45, 2.75) is 38.5 Å². The van der Waals surface area contributed by atoms with Gasteiger partial charge in [-0.25, -0.2) is 0 Å². The maximum atomic E-state index is 2.49. The lowest BCUT2D eigenvalue weighted by atomic mass is 9.77. The molecule has 0 atom stereocenters. The van der Waals surface area contributed by atoms with Crippen molar-refractivity contribution >= 4 is 38.6 Å². The Morgan fingerprint density at radius 1 is 0.286 bits per heavy atom. The molecule has 0 spiro atoms. The van der Waals surface area contributed by atoms with Gasteiger partial charge in [-0.15, -0.1) is 0 Å². The molecule has 10 aromatic rings. The molecule has 0 aliphatic heterocycles. The van der Waals surface area contributed by atoms with Crippen LogP contribution in [0.25, 0.3) is 77.2 Å². The Kier molecular flexibility index (Phi) is 8.30. The third kappa shape index (κ3) is 5.76. The Labute approximate surface area is 370 Å². The summed E-state index contributed by atoms with van der Waals surface area (Å²) in [6.45, 7) is 9.61. The Bertz CT molecular complexity index is 3450. The summed E-state index contributed by atoms with van der Waals surface area (Å²) in [4.78, 5) is 2.48. The van der Waals surface area contributed by atoms with Crippen LogP contribution in [-0.2, 0) is 10.8 Å². The molecular weight excluding hydrogens is 759 g/mol. The number of hydrogen-bond donors (Lipinski definition) is 0. The lowest BCUT2D eigenvalue weighted by Gasteiger charge is -2.30. The summed E-state index contributed by atoms with van der Waals surface area (Å²) in [5.74, 6) is 0. The molecule has 1 heteroatoms. The topological polar surface area (TPSA) is 3.24 Å². The van der Waals surface area contributed by atoms with E-state index in [4.69, 9.17) is 0 Å². The number of nitrogens with zero attached hydrogens (tertiary/aromatic N) is 1. The van der Waals surface area contributed by atoms with Crippen LogP contribution >= 0.6 is 0 Å². The van der Waals surface area contributed by atoms with Crippen LogP contribution in [0.15, 0.2) is 212 Å². The van der Waals surface area contributed by atoms with Crippen molar-refractivity contribution in [3.63, 3.8) is 0 Å². The van der Waals surface area contributed by atoms with Gasteiger partial charge < -0.3 is 4.90 Å². The molecule has 0 saturated carbocycles. The molecule has 12 rings (SSSR count). The van der Waals surface area contributed by atoms with E-state index in [0.29, 0.717) is 0 Å². The minimum atomic E-state index is -0.302. The second-order valence-electron chi connectivity index (χ2n) is 18.5. The van der Waals surface area contributed by atoms with Crippen molar-refractivity contribution in [2.24, 2.45) is 0 Å². The zero-order valence-electron chi connectivity index (χ0n) is 36.2. The summed E-state index contributed by atoms with van der Waals surface area (Å²) in [7, 11) is 0. The normalized spacial score (nSPS) is 14.0. The van der Waals surface area contributed by atoms with E-state index in [1.54, 1.807) is 0 Å². The van der Waals surface area contributed by atoms with E-state index in [0.717, 1.165) is 17.1 Å². The highest BCUT2D eigenvalue weighted by atomic mass is 15.1. The van der Waals surface area contributed by atoms with E-state index in [1.807, 2.05) is 0 Å². The minimum Gasteiger partial charge on any atom is -0.310 e. The van der Waals surface area contributed by atoms with E-state index in [-0.39, 0.29) is 10.8 Å². The van der Waals surface area contributed by atoms with Crippen molar-refractivity contribution in [2.75, 3.05) is 4.90 Å². The highest BCUT2D eigenvalue weighted by molar-refractivity contribution is 6.04. The lowest BCUT2D eigenvalue weighted by molar-refractivity contribution is 0.660. The third-order valence-electron chi connectivity index (χ3n) is 14.2. The summed E-state index contributed by atoms with van der Waals surface area (Å²) >= 11 is 0. The molecular formula is C62H47N. The summed E-state index contributed by atoms with van der Waals surface area (Å²) in [5, 5.41) is 5.05. The molecule has 300 valence electrons. The Hall–Kier alpha value is -7.48. The van der Waals surface area contributed by atoms with E-state index in [9.17, 15) is 0 Å². The van der Waals surface area contributed by atoms with Crippen LogP contribution in [-0.4, -0.2) is 0 Å². The highest BCUT2D eigenvalue weighted by Gasteiger charge is 2.40. The number of benzene rings is 10. The Morgan fingerprint density at radius 2 is 0.762 bits per heavy atom. The van der Waals surface area contributed by atoms with Gasteiger partial charge in [0.25, 0.3) is 0 Å². The van der Waals surface area contributed by atoms with E-state index in [2.05, 4.69) is 245 Å². The van der Waals surface area contributed by atoms with Crippen LogP contribution in [0.1, 0.15) is 49.9 Å². The second kappa shape index (κ2) is 14.0. The molecule has 0 saturated heterocycles. The maximum Gasteiger partial charge on any atom is 0.0467 e. The smallest absolute Gasteiger partial charge is 0.0467 e. The second-order valence-corrected chi connectivity index (χ2v) is 18.5. The first-order valence-corrected chi connectivity index (χ1v) is 22.3. The minimum absolute atomic E-state index is 0.124. The fourth-order valence-electron chi connectivity index (χ4n) is 11.1. The van der Waals surface area contributed by atoms with Crippen LogP contribution in [0.2, 0.25) is 0 Å². The molecule has 0 heterocycles. The van der Waals surface area contributed by atoms with Crippen molar-refractivity contribution < 1.29 is 0 Å². The van der Waals surface area contributed by atoms with Crippen LogP contribution in [0.4, 0.5) is 17.1 Å². The first kappa shape index (κ1) is 37.3. The summed E-state index contributed by atoms with van der Waals surface area (Å²) in [6.07, 6.45) is 0. The maximum absolute atomic E-state index is 2.49. The van der Waals surface area contributed by atoms with E-state index >= 15 is 0 Å². The number of hydrogen-bond acceptors (Lipinski definition) is 1. The van der Waals surface area contributed by atoms with Crippen LogP contribution in [0.5, 0.6) is 0 Å². The highest BCUT2D eigenvalue weighted by Crippen LogP contribution is 2.56. The molecule has 63 heavy (non-hydrogen) atoms. The van der Waals surface area contributed by atoms with E-state index < -0.39 is 0 Å². The van der Waals surface area contributed by atoms with Gasteiger partial charge >= 0.3 is 0 Å². The SMILES string of the molecule is CC1(C)c2ccccc2-c2ccc(N(c3cccc(-c4ccccc4)c3)c3ccc4c(c3)C(C)(C)c3c-4cc(-c4cccc5ccccc45)cc3-c3cccc4ccccc34)cc21. The molecule has 2 aliphatic rings. The van der Waals surface area contributed by atoms with Gasteiger partial charge in [-0.2, -0.15) is 0 Å². The molecule has 0 amide bonds. The monoisotopic (exact) mass is 805 g/mol. The lowest BCUT2D eigenvalue weighted by Crippen LogP contribution is -2.18. The van der Waals surface area contributed by atoms with Gasteiger partial charge in [0.1, 0.15) is 0 Å². The van der Waals surface area contributed by atoms with Gasteiger partial charge in [-0.3, -0.25) is 0 Å².